The lowest BCUT2D eigenvalue weighted by molar-refractivity contribution is 0.0682. The maximum Gasteiger partial charge on any atom is 0.339 e. The second kappa shape index (κ2) is 5.91. The van der Waals surface area contributed by atoms with Crippen molar-refractivity contribution in [3.63, 3.8) is 0 Å². The molecule has 0 bridgehead atoms. The van der Waals surface area contributed by atoms with Crippen LogP contribution in [0.4, 0.5) is 0 Å². The van der Waals surface area contributed by atoms with E-state index in [-0.39, 0.29) is 12.4 Å². The lowest BCUT2D eigenvalue weighted by Gasteiger charge is -2.10. The second-order valence-corrected chi connectivity index (χ2v) is 4.02. The highest BCUT2D eigenvalue weighted by Gasteiger charge is 2.09. The molecule has 98 valence electrons. The number of carboxylic acids is 1. The van der Waals surface area contributed by atoms with Crippen molar-refractivity contribution in [2.45, 2.75) is 6.92 Å². The summed E-state index contributed by atoms with van der Waals surface area (Å²) in [6.07, 6.45) is 0. The minimum Gasteiger partial charge on any atom is -0.478 e. The summed E-state index contributed by atoms with van der Waals surface area (Å²) >= 11 is 0. The third-order valence-corrected chi connectivity index (χ3v) is 2.55. The maximum absolute atomic E-state index is 11.0. The Kier molecular flexibility index (Phi) is 4.03. The van der Waals surface area contributed by atoms with Crippen LogP contribution in [-0.4, -0.2) is 17.9 Å². The van der Waals surface area contributed by atoms with E-state index in [1.165, 1.54) is 6.07 Å². The van der Waals surface area contributed by atoms with Gasteiger partial charge in [-0.25, -0.2) is 4.79 Å². The number of rotatable bonds is 5. The van der Waals surface area contributed by atoms with Gasteiger partial charge in [-0.1, -0.05) is 24.3 Å². The molecular formula is C15H14O4. The number of ether oxygens (including phenoxy) is 2. The SMILES string of the molecule is Cc1cccc(OCOc2ccccc2C(=O)O)c1. The van der Waals surface area contributed by atoms with Crippen molar-refractivity contribution < 1.29 is 19.4 Å². The van der Waals surface area contributed by atoms with Gasteiger partial charge >= 0.3 is 5.97 Å². The Morgan fingerprint density at radius 1 is 1.11 bits per heavy atom. The first kappa shape index (κ1) is 13.0. The van der Waals surface area contributed by atoms with Gasteiger partial charge in [-0.2, -0.15) is 0 Å². The molecule has 0 aromatic heterocycles. The van der Waals surface area contributed by atoms with Crippen LogP contribution in [0.15, 0.2) is 48.5 Å². The number of hydrogen-bond acceptors (Lipinski definition) is 3. The summed E-state index contributed by atoms with van der Waals surface area (Å²) in [4.78, 5) is 11.0. The monoisotopic (exact) mass is 258 g/mol. The molecule has 0 amide bonds. The molecule has 0 saturated carbocycles. The minimum absolute atomic E-state index is 0.0340. The van der Waals surface area contributed by atoms with Gasteiger partial charge in [0.05, 0.1) is 0 Å². The summed E-state index contributed by atoms with van der Waals surface area (Å²) in [7, 11) is 0. The van der Waals surface area contributed by atoms with Crippen LogP contribution in [-0.2, 0) is 0 Å². The van der Waals surface area contributed by atoms with Crippen LogP contribution in [0.3, 0.4) is 0 Å². The van der Waals surface area contributed by atoms with Gasteiger partial charge in [-0.05, 0) is 36.8 Å². The molecule has 0 unspecified atom stereocenters. The van der Waals surface area contributed by atoms with Crippen molar-refractivity contribution in [3.05, 3.63) is 59.7 Å². The molecule has 0 atom stereocenters. The Labute approximate surface area is 111 Å². The molecule has 2 rings (SSSR count). The minimum atomic E-state index is -1.02. The van der Waals surface area contributed by atoms with Gasteiger partial charge in [0.1, 0.15) is 17.1 Å². The quantitative estimate of drug-likeness (QED) is 0.837. The van der Waals surface area contributed by atoms with E-state index < -0.39 is 5.97 Å². The molecule has 0 aliphatic carbocycles. The zero-order valence-electron chi connectivity index (χ0n) is 10.5. The maximum atomic E-state index is 11.0. The summed E-state index contributed by atoms with van der Waals surface area (Å²) in [6.45, 7) is 1.93. The molecule has 0 aliphatic heterocycles. The van der Waals surface area contributed by atoms with Crippen molar-refractivity contribution in [1.29, 1.82) is 0 Å². The Bertz CT molecular complexity index is 578. The zero-order chi connectivity index (χ0) is 13.7. The largest absolute Gasteiger partial charge is 0.478 e. The van der Waals surface area contributed by atoms with Crippen LogP contribution in [0, 0.1) is 6.92 Å². The van der Waals surface area contributed by atoms with Gasteiger partial charge in [0.25, 0.3) is 0 Å². The van der Waals surface area contributed by atoms with Crippen LogP contribution in [0.5, 0.6) is 11.5 Å². The van der Waals surface area contributed by atoms with Crippen LogP contribution >= 0.6 is 0 Å². The lowest BCUT2D eigenvalue weighted by atomic mass is 10.2. The molecule has 0 aliphatic rings. The van der Waals surface area contributed by atoms with Crippen molar-refractivity contribution in [2.75, 3.05) is 6.79 Å². The molecule has 2 aromatic rings. The predicted molar refractivity (Wildman–Crippen MR) is 70.7 cm³/mol. The fourth-order valence-electron chi connectivity index (χ4n) is 1.64. The molecule has 0 heterocycles. The first-order valence-electron chi connectivity index (χ1n) is 5.81. The molecule has 0 saturated heterocycles. The third kappa shape index (κ3) is 3.48. The van der Waals surface area contributed by atoms with Crippen molar-refractivity contribution in [1.82, 2.24) is 0 Å². The summed E-state index contributed by atoms with van der Waals surface area (Å²) in [5.41, 5.74) is 1.21. The highest BCUT2D eigenvalue weighted by atomic mass is 16.7. The first-order valence-corrected chi connectivity index (χ1v) is 5.81. The Hall–Kier alpha value is -2.49. The molecule has 0 spiro atoms. The number of aryl methyl sites for hydroxylation is 1. The normalized spacial score (nSPS) is 9.95. The highest BCUT2D eigenvalue weighted by molar-refractivity contribution is 5.90. The lowest BCUT2D eigenvalue weighted by Crippen LogP contribution is -2.09. The number of aromatic carboxylic acids is 1. The van der Waals surface area contributed by atoms with Crippen LogP contribution in [0.1, 0.15) is 15.9 Å². The molecule has 4 heteroatoms. The predicted octanol–water partition coefficient (Wildman–Crippen LogP) is 3.11. The fraction of sp³-hybridized carbons (Fsp3) is 0.133. The first-order chi connectivity index (χ1) is 9.16. The van der Waals surface area contributed by atoms with Gasteiger partial charge in [0.15, 0.2) is 0 Å². The Morgan fingerprint density at radius 2 is 1.89 bits per heavy atom. The molecular weight excluding hydrogens is 244 g/mol. The zero-order valence-corrected chi connectivity index (χ0v) is 10.5. The van der Waals surface area contributed by atoms with E-state index in [9.17, 15) is 4.79 Å². The summed E-state index contributed by atoms with van der Waals surface area (Å²) < 4.78 is 10.7. The van der Waals surface area contributed by atoms with Gasteiger partial charge in [-0.3, -0.25) is 0 Å². The van der Waals surface area contributed by atoms with Gasteiger partial charge in [0, 0.05) is 0 Å². The third-order valence-electron chi connectivity index (χ3n) is 2.55. The van der Waals surface area contributed by atoms with Crippen LogP contribution < -0.4 is 9.47 Å². The summed E-state index contributed by atoms with van der Waals surface area (Å²) in [6, 6.07) is 14.0. The smallest absolute Gasteiger partial charge is 0.339 e. The molecule has 1 N–H and O–H groups in total. The van der Waals surface area contributed by atoms with Gasteiger partial charge < -0.3 is 14.6 Å². The average molecular weight is 258 g/mol. The van der Waals surface area contributed by atoms with E-state index in [0.29, 0.717) is 11.5 Å². The number of benzene rings is 2. The van der Waals surface area contributed by atoms with E-state index in [1.807, 2.05) is 31.2 Å². The summed E-state index contributed by atoms with van der Waals surface area (Å²) in [5, 5.41) is 9.00. The fourth-order valence-corrected chi connectivity index (χ4v) is 1.64. The number of hydrogen-bond donors (Lipinski definition) is 1. The average Bonchev–Trinajstić information content (AvgIpc) is 2.39. The molecule has 0 fully saturated rings. The Balaban J connectivity index is 1.98. The van der Waals surface area contributed by atoms with Crippen molar-refractivity contribution in [3.8, 4) is 11.5 Å². The molecule has 2 aromatic carbocycles. The molecule has 19 heavy (non-hydrogen) atoms. The highest BCUT2D eigenvalue weighted by Crippen LogP contribution is 2.18. The van der Waals surface area contributed by atoms with E-state index in [0.717, 1.165) is 5.56 Å². The van der Waals surface area contributed by atoms with E-state index >= 15 is 0 Å². The molecule has 4 nitrogen and oxygen atoms in total. The number of para-hydroxylation sites is 1. The van der Waals surface area contributed by atoms with E-state index in [1.54, 1.807) is 18.2 Å². The number of carboxylic acid groups (broad SMARTS) is 1. The van der Waals surface area contributed by atoms with E-state index in [4.69, 9.17) is 14.6 Å². The standard InChI is InChI=1S/C15H14O4/c1-11-5-4-6-12(9-11)18-10-19-14-8-3-2-7-13(14)15(16)17/h2-9H,10H2,1H3,(H,16,17). The molecule has 0 radical (unpaired) electrons. The van der Waals surface area contributed by atoms with Crippen LogP contribution in [0.2, 0.25) is 0 Å². The van der Waals surface area contributed by atoms with Gasteiger partial charge in [0.2, 0.25) is 6.79 Å². The van der Waals surface area contributed by atoms with Crippen LogP contribution in [0.25, 0.3) is 0 Å². The van der Waals surface area contributed by atoms with Crippen molar-refractivity contribution in [2.24, 2.45) is 0 Å². The van der Waals surface area contributed by atoms with E-state index in [2.05, 4.69) is 0 Å². The topological polar surface area (TPSA) is 55.8 Å². The van der Waals surface area contributed by atoms with Crippen molar-refractivity contribution >= 4 is 5.97 Å². The second-order valence-electron chi connectivity index (χ2n) is 4.02. The summed E-state index contributed by atoms with van der Waals surface area (Å²) in [5.74, 6) is -0.0402. The van der Waals surface area contributed by atoms with Gasteiger partial charge in [-0.15, -0.1) is 0 Å². The Morgan fingerprint density at radius 3 is 2.63 bits per heavy atom. The number of carbonyl (C=O) groups is 1.